The molecule has 0 spiro atoms. The molecule has 0 saturated carbocycles. The first-order valence-electron chi connectivity index (χ1n) is 7.81. The molecule has 0 amide bonds. The summed E-state index contributed by atoms with van der Waals surface area (Å²) in [6.07, 6.45) is 8.48. The largest absolute Gasteiger partial charge is 0.324 e. The van der Waals surface area contributed by atoms with Crippen molar-refractivity contribution in [2.24, 2.45) is 0 Å². The number of hydrogen-bond donors (Lipinski definition) is 0. The van der Waals surface area contributed by atoms with Crippen molar-refractivity contribution in [1.82, 2.24) is 4.57 Å². The van der Waals surface area contributed by atoms with E-state index in [1.54, 1.807) is 6.08 Å². The van der Waals surface area contributed by atoms with Crippen molar-refractivity contribution in [2.75, 3.05) is 0 Å². The molecule has 2 nitrogen and oxygen atoms in total. The molecule has 1 aromatic heterocycles. The lowest BCUT2D eigenvalue weighted by molar-refractivity contribution is 0.104. The first-order chi connectivity index (χ1) is 11.3. The highest BCUT2D eigenvalue weighted by Gasteiger charge is 2.02. The molecule has 0 aliphatic rings. The van der Waals surface area contributed by atoms with E-state index >= 15 is 0 Å². The summed E-state index contributed by atoms with van der Waals surface area (Å²) in [7, 11) is 0. The summed E-state index contributed by atoms with van der Waals surface area (Å²) >= 11 is 0. The third kappa shape index (κ3) is 3.67. The van der Waals surface area contributed by atoms with Crippen LogP contribution in [0, 0.1) is 0 Å². The number of rotatable bonds is 5. The van der Waals surface area contributed by atoms with Gasteiger partial charge in [-0.05, 0) is 60.0 Å². The third-order valence-corrected chi connectivity index (χ3v) is 3.87. The molecule has 0 aliphatic carbocycles. The molecular weight excluding hydrogens is 282 g/mol. The van der Waals surface area contributed by atoms with Gasteiger partial charge in [-0.25, -0.2) is 0 Å². The Labute approximate surface area is 136 Å². The molecule has 0 fully saturated rings. The van der Waals surface area contributed by atoms with Crippen molar-refractivity contribution >= 4 is 11.9 Å². The lowest BCUT2D eigenvalue weighted by Gasteiger charge is -2.03. The van der Waals surface area contributed by atoms with E-state index in [-0.39, 0.29) is 5.78 Å². The molecular formula is C21H19NO. The average molecular weight is 301 g/mol. The summed E-state index contributed by atoms with van der Waals surface area (Å²) in [6, 6.07) is 19.9. The summed E-state index contributed by atoms with van der Waals surface area (Å²) in [5.74, 6) is 0.0172. The molecule has 1 heterocycles. The van der Waals surface area contributed by atoms with Gasteiger partial charge in [0.25, 0.3) is 0 Å². The second kappa shape index (κ2) is 6.93. The molecule has 114 valence electrons. The van der Waals surface area contributed by atoms with Gasteiger partial charge in [0.1, 0.15) is 0 Å². The standard InChI is InChI=1S/C21H19NO/c1-2-17-5-7-18(8-6-17)9-14-21(23)19-10-12-20(13-11-19)22-15-3-4-16-22/h3-16H,2H2,1H3/b14-9+. The Morgan fingerprint density at radius 2 is 1.61 bits per heavy atom. The fourth-order valence-electron chi connectivity index (χ4n) is 2.44. The van der Waals surface area contributed by atoms with Crippen LogP contribution >= 0.6 is 0 Å². The van der Waals surface area contributed by atoms with Crippen LogP contribution in [-0.2, 0) is 6.42 Å². The van der Waals surface area contributed by atoms with Gasteiger partial charge in [-0.3, -0.25) is 4.79 Å². The van der Waals surface area contributed by atoms with Crippen LogP contribution in [0.4, 0.5) is 0 Å². The van der Waals surface area contributed by atoms with E-state index < -0.39 is 0 Å². The van der Waals surface area contributed by atoms with E-state index in [2.05, 4.69) is 19.1 Å². The second-order valence-corrected chi connectivity index (χ2v) is 5.43. The number of hydrogen-bond acceptors (Lipinski definition) is 1. The van der Waals surface area contributed by atoms with Gasteiger partial charge >= 0.3 is 0 Å². The number of aromatic nitrogens is 1. The van der Waals surface area contributed by atoms with Crippen molar-refractivity contribution < 1.29 is 4.79 Å². The molecule has 23 heavy (non-hydrogen) atoms. The molecule has 2 heteroatoms. The van der Waals surface area contributed by atoms with E-state index in [4.69, 9.17) is 0 Å². The summed E-state index contributed by atoms with van der Waals surface area (Å²) < 4.78 is 2.01. The zero-order valence-electron chi connectivity index (χ0n) is 13.1. The van der Waals surface area contributed by atoms with Gasteiger partial charge in [0, 0.05) is 23.6 Å². The molecule has 2 aromatic carbocycles. The van der Waals surface area contributed by atoms with Crippen LogP contribution in [0.15, 0.2) is 79.1 Å². The minimum atomic E-state index is 0.0172. The van der Waals surface area contributed by atoms with Crippen molar-refractivity contribution in [2.45, 2.75) is 13.3 Å². The quantitative estimate of drug-likeness (QED) is 0.483. The highest BCUT2D eigenvalue weighted by molar-refractivity contribution is 6.06. The van der Waals surface area contributed by atoms with E-state index in [0.717, 1.165) is 17.7 Å². The number of nitrogens with zero attached hydrogens (tertiary/aromatic N) is 1. The number of carbonyl (C=O) groups is 1. The number of aryl methyl sites for hydroxylation is 1. The molecule has 0 N–H and O–H groups in total. The highest BCUT2D eigenvalue weighted by atomic mass is 16.1. The smallest absolute Gasteiger partial charge is 0.185 e. The Kier molecular flexibility index (Phi) is 4.53. The zero-order valence-corrected chi connectivity index (χ0v) is 13.1. The first-order valence-corrected chi connectivity index (χ1v) is 7.81. The predicted octanol–water partition coefficient (Wildman–Crippen LogP) is 4.94. The van der Waals surface area contributed by atoms with Gasteiger partial charge in [-0.2, -0.15) is 0 Å². The van der Waals surface area contributed by atoms with Crippen molar-refractivity contribution in [3.63, 3.8) is 0 Å². The molecule has 3 rings (SSSR count). The topological polar surface area (TPSA) is 22.0 Å². The Morgan fingerprint density at radius 3 is 2.22 bits per heavy atom. The van der Waals surface area contributed by atoms with E-state index in [1.165, 1.54) is 5.56 Å². The van der Waals surface area contributed by atoms with Crippen LogP contribution in [-0.4, -0.2) is 10.4 Å². The Morgan fingerprint density at radius 1 is 0.957 bits per heavy atom. The summed E-state index contributed by atoms with van der Waals surface area (Å²) in [4.78, 5) is 12.2. The predicted molar refractivity (Wildman–Crippen MR) is 95.0 cm³/mol. The molecule has 0 unspecified atom stereocenters. The summed E-state index contributed by atoms with van der Waals surface area (Å²) in [5, 5.41) is 0. The minimum absolute atomic E-state index is 0.0172. The van der Waals surface area contributed by atoms with Gasteiger partial charge in [0.2, 0.25) is 0 Å². The van der Waals surface area contributed by atoms with Crippen molar-refractivity contribution in [1.29, 1.82) is 0 Å². The lowest BCUT2D eigenvalue weighted by atomic mass is 10.1. The zero-order chi connectivity index (χ0) is 16.1. The maximum atomic E-state index is 12.2. The fraction of sp³-hybridized carbons (Fsp3) is 0.0952. The maximum Gasteiger partial charge on any atom is 0.185 e. The Hall–Kier alpha value is -2.87. The SMILES string of the molecule is CCc1ccc(/C=C/C(=O)c2ccc(-n3cccc3)cc2)cc1. The molecule has 0 radical (unpaired) electrons. The second-order valence-electron chi connectivity index (χ2n) is 5.43. The molecule has 0 bridgehead atoms. The third-order valence-electron chi connectivity index (χ3n) is 3.87. The highest BCUT2D eigenvalue weighted by Crippen LogP contribution is 2.12. The minimum Gasteiger partial charge on any atom is -0.324 e. The van der Waals surface area contributed by atoms with Gasteiger partial charge in [0.15, 0.2) is 5.78 Å². The first kappa shape index (κ1) is 15.0. The van der Waals surface area contributed by atoms with Gasteiger partial charge < -0.3 is 4.57 Å². The van der Waals surface area contributed by atoms with Gasteiger partial charge in [0.05, 0.1) is 0 Å². The van der Waals surface area contributed by atoms with Gasteiger partial charge in [-0.15, -0.1) is 0 Å². The van der Waals surface area contributed by atoms with Crippen LogP contribution < -0.4 is 0 Å². The summed E-state index contributed by atoms with van der Waals surface area (Å²) in [5.41, 5.74) is 4.08. The molecule has 0 atom stereocenters. The van der Waals surface area contributed by atoms with E-state index in [9.17, 15) is 4.79 Å². The van der Waals surface area contributed by atoms with Crippen LogP contribution in [0.3, 0.4) is 0 Å². The lowest BCUT2D eigenvalue weighted by Crippen LogP contribution is -1.96. The number of benzene rings is 2. The molecule has 0 aliphatic heterocycles. The van der Waals surface area contributed by atoms with Crippen molar-refractivity contribution in [3.8, 4) is 5.69 Å². The number of carbonyl (C=O) groups excluding carboxylic acids is 1. The van der Waals surface area contributed by atoms with E-state index in [0.29, 0.717) is 5.56 Å². The number of allylic oxidation sites excluding steroid dienone is 1. The van der Waals surface area contributed by atoms with Gasteiger partial charge in [-0.1, -0.05) is 37.3 Å². The fourth-order valence-corrected chi connectivity index (χ4v) is 2.44. The van der Waals surface area contributed by atoms with Crippen LogP contribution in [0.25, 0.3) is 11.8 Å². The molecule has 3 aromatic rings. The average Bonchev–Trinajstić information content (AvgIpc) is 3.15. The van der Waals surface area contributed by atoms with E-state index in [1.807, 2.05) is 71.6 Å². The van der Waals surface area contributed by atoms with Crippen LogP contribution in [0.1, 0.15) is 28.4 Å². The Bertz CT molecular complexity index is 794. The Balaban J connectivity index is 1.71. The van der Waals surface area contributed by atoms with Crippen molar-refractivity contribution in [3.05, 3.63) is 95.8 Å². The normalized spacial score (nSPS) is 11.0. The monoisotopic (exact) mass is 301 g/mol. The maximum absolute atomic E-state index is 12.2. The van der Waals surface area contributed by atoms with Crippen LogP contribution in [0.2, 0.25) is 0 Å². The molecule has 0 saturated heterocycles. The summed E-state index contributed by atoms with van der Waals surface area (Å²) in [6.45, 7) is 2.13. The van der Waals surface area contributed by atoms with Crippen LogP contribution in [0.5, 0.6) is 0 Å². The number of ketones is 1.